The average Bonchev–Trinajstić information content (AvgIpc) is 3.11. The van der Waals surface area contributed by atoms with Gasteiger partial charge in [-0.15, -0.1) is 0 Å². The predicted octanol–water partition coefficient (Wildman–Crippen LogP) is 3.42. The second kappa shape index (κ2) is 7.64. The molecule has 1 aromatic heterocycles. The summed E-state index contributed by atoms with van der Waals surface area (Å²) in [5.41, 5.74) is -0.0286. The first-order valence-electron chi connectivity index (χ1n) is 8.56. The molecule has 1 aliphatic rings. The zero-order chi connectivity index (χ0) is 19.6. The largest absolute Gasteiger partial charge is 0.417 e. The van der Waals surface area contributed by atoms with Crippen LogP contribution in [0.4, 0.5) is 17.6 Å². The molecular formula is C19H19F4N3O. The van der Waals surface area contributed by atoms with Gasteiger partial charge in [0.25, 0.3) is 0 Å². The predicted molar refractivity (Wildman–Crippen MR) is 91.3 cm³/mol. The van der Waals surface area contributed by atoms with Crippen LogP contribution in [0.5, 0.6) is 0 Å². The zero-order valence-corrected chi connectivity index (χ0v) is 14.6. The number of rotatable bonds is 4. The number of carbonyl (C=O) groups excluding carboxylic acids is 1. The minimum atomic E-state index is -4.45. The number of carbonyl (C=O) groups is 1. The summed E-state index contributed by atoms with van der Waals surface area (Å²) in [6.07, 6.45) is -3.67. The summed E-state index contributed by atoms with van der Waals surface area (Å²) in [7, 11) is 0. The highest BCUT2D eigenvalue weighted by molar-refractivity contribution is 5.80. The van der Waals surface area contributed by atoms with E-state index in [1.165, 1.54) is 12.1 Å². The number of alkyl halides is 3. The molecule has 2 heterocycles. The molecule has 0 saturated carbocycles. The Morgan fingerprint density at radius 1 is 1.22 bits per heavy atom. The molecule has 8 heteroatoms. The molecule has 1 fully saturated rings. The molecular weight excluding hydrogens is 362 g/mol. The van der Waals surface area contributed by atoms with E-state index in [2.05, 4.69) is 15.6 Å². The van der Waals surface area contributed by atoms with Gasteiger partial charge in [0.05, 0.1) is 17.5 Å². The monoisotopic (exact) mass is 381 g/mol. The van der Waals surface area contributed by atoms with Crippen molar-refractivity contribution in [2.45, 2.75) is 25.1 Å². The van der Waals surface area contributed by atoms with Crippen LogP contribution in [0, 0.1) is 11.7 Å². The molecule has 1 saturated heterocycles. The Balaban J connectivity index is 1.72. The quantitative estimate of drug-likeness (QED) is 0.798. The maximum atomic E-state index is 13.9. The van der Waals surface area contributed by atoms with Crippen molar-refractivity contribution in [2.24, 2.45) is 5.92 Å². The third-order valence-electron chi connectivity index (χ3n) is 4.78. The lowest BCUT2D eigenvalue weighted by atomic mass is 9.91. The van der Waals surface area contributed by atoms with E-state index in [4.69, 9.17) is 0 Å². The number of aromatic nitrogens is 1. The summed E-state index contributed by atoms with van der Waals surface area (Å²) in [6, 6.07) is 7.93. The highest BCUT2D eigenvalue weighted by Gasteiger charge is 2.36. The van der Waals surface area contributed by atoms with Gasteiger partial charge in [0, 0.05) is 36.5 Å². The first-order valence-corrected chi connectivity index (χ1v) is 8.56. The highest BCUT2D eigenvalue weighted by atomic mass is 19.4. The highest BCUT2D eigenvalue weighted by Crippen LogP contribution is 2.32. The van der Waals surface area contributed by atoms with Crippen LogP contribution in [0.1, 0.15) is 35.7 Å². The third-order valence-corrected chi connectivity index (χ3v) is 4.78. The van der Waals surface area contributed by atoms with Crippen LogP contribution in [0.25, 0.3) is 0 Å². The summed E-state index contributed by atoms with van der Waals surface area (Å²) in [5, 5.41) is 5.86. The zero-order valence-electron chi connectivity index (χ0n) is 14.6. The van der Waals surface area contributed by atoms with Gasteiger partial charge in [-0.2, -0.15) is 13.2 Å². The molecule has 0 radical (unpaired) electrons. The van der Waals surface area contributed by atoms with Crippen LogP contribution in [-0.2, 0) is 11.0 Å². The fourth-order valence-electron chi connectivity index (χ4n) is 3.28. The summed E-state index contributed by atoms with van der Waals surface area (Å²) >= 11 is 0. The molecule has 2 N–H and O–H groups in total. The van der Waals surface area contributed by atoms with Crippen LogP contribution in [-0.4, -0.2) is 24.0 Å². The lowest BCUT2D eigenvalue weighted by Gasteiger charge is -2.21. The number of hydrogen-bond acceptors (Lipinski definition) is 3. The molecule has 3 rings (SSSR count). The van der Waals surface area contributed by atoms with E-state index in [-0.39, 0.29) is 11.8 Å². The lowest BCUT2D eigenvalue weighted by Crippen LogP contribution is -2.36. The van der Waals surface area contributed by atoms with E-state index in [0.29, 0.717) is 24.3 Å². The van der Waals surface area contributed by atoms with Crippen LogP contribution >= 0.6 is 0 Å². The van der Waals surface area contributed by atoms with E-state index in [0.717, 1.165) is 12.3 Å². The van der Waals surface area contributed by atoms with Crippen LogP contribution in [0.15, 0.2) is 42.6 Å². The van der Waals surface area contributed by atoms with Crippen LogP contribution < -0.4 is 10.6 Å². The fourth-order valence-corrected chi connectivity index (χ4v) is 3.28. The van der Waals surface area contributed by atoms with Crippen molar-refractivity contribution in [3.63, 3.8) is 0 Å². The molecule has 1 aliphatic heterocycles. The minimum absolute atomic E-state index is 0.289. The molecule has 0 bridgehead atoms. The Bertz CT molecular complexity index is 807. The summed E-state index contributed by atoms with van der Waals surface area (Å²) in [5.74, 6) is -1.54. The second-order valence-electron chi connectivity index (χ2n) is 6.59. The van der Waals surface area contributed by atoms with Gasteiger partial charge in [-0.1, -0.05) is 18.2 Å². The summed E-state index contributed by atoms with van der Waals surface area (Å²) in [6.45, 7) is 2.50. The number of pyridine rings is 1. The number of nitrogens with one attached hydrogen (secondary N) is 2. The maximum absolute atomic E-state index is 13.9. The van der Waals surface area contributed by atoms with E-state index in [9.17, 15) is 22.4 Å². The van der Waals surface area contributed by atoms with Crippen molar-refractivity contribution < 1.29 is 22.4 Å². The smallest absolute Gasteiger partial charge is 0.349 e. The molecule has 1 amide bonds. The van der Waals surface area contributed by atoms with Gasteiger partial charge in [0.15, 0.2) is 0 Å². The van der Waals surface area contributed by atoms with Crippen molar-refractivity contribution in [3.05, 3.63) is 65.2 Å². The second-order valence-corrected chi connectivity index (χ2v) is 6.59. The molecule has 27 heavy (non-hydrogen) atoms. The molecule has 144 valence electrons. The van der Waals surface area contributed by atoms with Crippen molar-refractivity contribution in [1.82, 2.24) is 15.6 Å². The van der Waals surface area contributed by atoms with Gasteiger partial charge in [0.1, 0.15) is 5.82 Å². The maximum Gasteiger partial charge on any atom is 0.417 e. The Hall–Kier alpha value is -2.48. The van der Waals surface area contributed by atoms with Crippen molar-refractivity contribution in [3.8, 4) is 0 Å². The van der Waals surface area contributed by atoms with Gasteiger partial charge < -0.3 is 10.6 Å². The number of halogens is 4. The Morgan fingerprint density at radius 2 is 1.96 bits per heavy atom. The standard InChI is InChI=1S/C19H19F4N3O/c1-11(13-4-2-3-5-16(13)20)26-18(27)15-10-24-9-14(15)17-7-6-12(8-25-17)19(21,22)23/h2-8,11,14-15,24H,9-10H2,1H3,(H,26,27). The normalized spacial score (nSPS) is 21.1. The molecule has 1 aromatic carbocycles. The van der Waals surface area contributed by atoms with Crippen LogP contribution in [0.3, 0.4) is 0 Å². The first-order chi connectivity index (χ1) is 12.8. The van der Waals surface area contributed by atoms with Crippen LogP contribution in [0.2, 0.25) is 0 Å². The van der Waals surface area contributed by atoms with Gasteiger partial charge in [-0.3, -0.25) is 9.78 Å². The minimum Gasteiger partial charge on any atom is -0.349 e. The summed E-state index contributed by atoms with van der Waals surface area (Å²) < 4.78 is 52.0. The number of nitrogens with zero attached hydrogens (tertiary/aromatic N) is 1. The first kappa shape index (κ1) is 19.3. The Morgan fingerprint density at radius 3 is 2.59 bits per heavy atom. The fraction of sp³-hybridized carbons (Fsp3) is 0.368. The number of hydrogen-bond donors (Lipinski definition) is 2. The lowest BCUT2D eigenvalue weighted by molar-refractivity contribution is -0.137. The molecule has 3 unspecified atom stereocenters. The van der Waals surface area contributed by atoms with Gasteiger partial charge in [0.2, 0.25) is 5.91 Å². The Labute approximate surface area is 154 Å². The molecule has 0 aliphatic carbocycles. The van der Waals surface area contributed by atoms with E-state index < -0.39 is 29.5 Å². The van der Waals surface area contributed by atoms with Gasteiger partial charge >= 0.3 is 6.18 Å². The van der Waals surface area contributed by atoms with Crippen molar-refractivity contribution >= 4 is 5.91 Å². The molecule has 2 aromatic rings. The summed E-state index contributed by atoms with van der Waals surface area (Å²) in [4.78, 5) is 16.6. The van der Waals surface area contributed by atoms with E-state index in [1.807, 2.05) is 0 Å². The molecule has 4 nitrogen and oxygen atoms in total. The molecule has 3 atom stereocenters. The van der Waals surface area contributed by atoms with Gasteiger partial charge in [-0.05, 0) is 25.1 Å². The Kier molecular flexibility index (Phi) is 5.46. The van der Waals surface area contributed by atoms with E-state index in [1.54, 1.807) is 25.1 Å². The average molecular weight is 381 g/mol. The van der Waals surface area contributed by atoms with E-state index >= 15 is 0 Å². The topological polar surface area (TPSA) is 54.0 Å². The third kappa shape index (κ3) is 4.27. The number of amides is 1. The number of benzene rings is 1. The van der Waals surface area contributed by atoms with Crippen molar-refractivity contribution in [2.75, 3.05) is 13.1 Å². The van der Waals surface area contributed by atoms with Crippen molar-refractivity contribution in [1.29, 1.82) is 0 Å². The van der Waals surface area contributed by atoms with Gasteiger partial charge in [-0.25, -0.2) is 4.39 Å². The SMILES string of the molecule is CC(NC(=O)C1CNCC1c1ccc(C(F)(F)F)cn1)c1ccccc1F. The molecule has 0 spiro atoms.